The highest BCUT2D eigenvalue weighted by Gasteiger charge is 2.17. The van der Waals surface area contributed by atoms with Crippen LogP contribution >= 0.6 is 11.3 Å². The summed E-state index contributed by atoms with van der Waals surface area (Å²) >= 11 is 1.88. The molecule has 0 atom stereocenters. The summed E-state index contributed by atoms with van der Waals surface area (Å²) in [5.74, 6) is 0. The van der Waals surface area contributed by atoms with Gasteiger partial charge in [0.1, 0.15) is 0 Å². The summed E-state index contributed by atoms with van der Waals surface area (Å²) < 4.78 is 5.03. The molecule has 2 aromatic heterocycles. The summed E-state index contributed by atoms with van der Waals surface area (Å²) in [6.07, 6.45) is 0. The Morgan fingerprint density at radius 2 is 0.810 bits per heavy atom. The quantitative estimate of drug-likeness (QED) is 0.148. The first-order chi connectivity index (χ1) is 31.2. The van der Waals surface area contributed by atoms with Crippen molar-refractivity contribution in [1.29, 1.82) is 0 Å². The molecule has 0 saturated carbocycles. The van der Waals surface area contributed by atoms with Crippen molar-refractivity contribution in [2.45, 2.75) is 0 Å². The molecule has 10 aromatic carbocycles. The minimum absolute atomic E-state index is 1.10. The SMILES string of the molecule is c1ccc(-c2cc(-c3ccc(N(c4ccccc4)c4ccc(-c5cccc6c5sc5ccccc56)cc4)cc3)cc(-c3ccc4c(c3)c3ccccc3n4-c3ccccc3)c2)cc1. The largest absolute Gasteiger partial charge is 0.311 e. The fraction of sp³-hybridized carbons (Fsp3) is 0. The molecule has 3 heteroatoms. The van der Waals surface area contributed by atoms with E-state index in [1.807, 2.05) is 11.3 Å². The number of hydrogen-bond donors (Lipinski definition) is 0. The van der Waals surface area contributed by atoms with Crippen LogP contribution in [-0.2, 0) is 0 Å². The zero-order valence-corrected chi connectivity index (χ0v) is 35.2. The first-order valence-electron chi connectivity index (χ1n) is 21.5. The van der Waals surface area contributed by atoms with Crippen molar-refractivity contribution >= 4 is 70.4 Å². The smallest absolute Gasteiger partial charge is 0.0541 e. The van der Waals surface area contributed by atoms with E-state index < -0.39 is 0 Å². The van der Waals surface area contributed by atoms with Gasteiger partial charge in [0.15, 0.2) is 0 Å². The Bertz CT molecular complexity index is 3590. The van der Waals surface area contributed by atoms with Gasteiger partial charge in [0.2, 0.25) is 0 Å². The first kappa shape index (κ1) is 36.8. The van der Waals surface area contributed by atoms with Crippen molar-refractivity contribution in [2.24, 2.45) is 0 Å². The lowest BCUT2D eigenvalue weighted by Crippen LogP contribution is -2.09. The molecule has 2 heterocycles. The van der Waals surface area contributed by atoms with Crippen LogP contribution < -0.4 is 4.90 Å². The second-order valence-electron chi connectivity index (χ2n) is 16.1. The zero-order chi connectivity index (χ0) is 41.7. The van der Waals surface area contributed by atoms with Crippen LogP contribution in [0.4, 0.5) is 17.1 Å². The number of rotatable bonds is 8. The molecule has 63 heavy (non-hydrogen) atoms. The molecule has 296 valence electrons. The van der Waals surface area contributed by atoms with Crippen molar-refractivity contribution in [3.05, 3.63) is 243 Å². The number of anilines is 3. The molecule has 0 saturated heterocycles. The summed E-state index contributed by atoms with van der Waals surface area (Å²) in [7, 11) is 0. The predicted octanol–water partition coefficient (Wildman–Crippen LogP) is 17.3. The second kappa shape index (κ2) is 15.5. The molecule has 0 spiro atoms. The number of aromatic nitrogens is 1. The van der Waals surface area contributed by atoms with Crippen LogP contribution in [0.15, 0.2) is 243 Å². The molecule has 12 aromatic rings. The minimum atomic E-state index is 1.10. The second-order valence-corrected chi connectivity index (χ2v) is 17.2. The highest BCUT2D eigenvalue weighted by Crippen LogP contribution is 2.43. The van der Waals surface area contributed by atoms with Gasteiger partial charge in [-0.05, 0) is 136 Å². The van der Waals surface area contributed by atoms with Gasteiger partial charge in [0.25, 0.3) is 0 Å². The van der Waals surface area contributed by atoms with E-state index in [1.54, 1.807) is 0 Å². The van der Waals surface area contributed by atoms with Crippen LogP contribution in [0.1, 0.15) is 0 Å². The van der Waals surface area contributed by atoms with Gasteiger partial charge >= 0.3 is 0 Å². The number of thiophene rings is 1. The Morgan fingerprint density at radius 3 is 1.52 bits per heavy atom. The van der Waals surface area contributed by atoms with E-state index >= 15 is 0 Å². The Labute approximate surface area is 370 Å². The fourth-order valence-corrected chi connectivity index (χ4v) is 10.6. The standard InChI is InChI=1S/C60H40N2S/c1-4-15-41(16-5-1)45-37-46(39-47(38-45)44-31-36-58-56(40-44)53-21-10-12-25-57(53)62(58)49-19-8-3-9-20-49)42-27-32-50(33-28-42)61(48-17-6-2-7-18-48)51-34-29-43(30-35-51)52-23-14-24-55-54-22-11-13-26-59(54)63-60(52)55/h1-40H. The van der Waals surface area contributed by atoms with E-state index in [-0.39, 0.29) is 0 Å². The van der Waals surface area contributed by atoms with Crippen molar-refractivity contribution in [3.63, 3.8) is 0 Å². The third-order valence-electron chi connectivity index (χ3n) is 12.4. The van der Waals surface area contributed by atoms with Gasteiger partial charge in [0, 0.05) is 53.7 Å². The van der Waals surface area contributed by atoms with Gasteiger partial charge in [-0.15, -0.1) is 11.3 Å². The van der Waals surface area contributed by atoms with Crippen molar-refractivity contribution < 1.29 is 0 Å². The molecule has 0 radical (unpaired) electrons. The maximum Gasteiger partial charge on any atom is 0.0541 e. The molecule has 0 N–H and O–H groups in total. The monoisotopic (exact) mass is 820 g/mol. The topological polar surface area (TPSA) is 8.17 Å². The molecule has 0 fully saturated rings. The first-order valence-corrected chi connectivity index (χ1v) is 22.3. The molecule has 0 unspecified atom stereocenters. The van der Waals surface area contributed by atoms with E-state index in [2.05, 4.69) is 252 Å². The highest BCUT2D eigenvalue weighted by atomic mass is 32.1. The average molecular weight is 821 g/mol. The molecule has 0 amide bonds. The minimum Gasteiger partial charge on any atom is -0.311 e. The lowest BCUT2D eigenvalue weighted by molar-refractivity contribution is 1.18. The van der Waals surface area contributed by atoms with Crippen molar-refractivity contribution in [3.8, 4) is 50.2 Å². The molecule has 0 aliphatic heterocycles. The Kier molecular flexibility index (Phi) is 9.06. The number of nitrogens with zero attached hydrogens (tertiary/aromatic N) is 2. The molecule has 2 nitrogen and oxygen atoms in total. The van der Waals surface area contributed by atoms with Crippen LogP contribution in [-0.4, -0.2) is 4.57 Å². The van der Waals surface area contributed by atoms with Gasteiger partial charge in [-0.25, -0.2) is 0 Å². The van der Waals surface area contributed by atoms with Crippen LogP contribution in [0, 0.1) is 0 Å². The fourth-order valence-electron chi connectivity index (χ4n) is 9.36. The van der Waals surface area contributed by atoms with E-state index in [0.717, 1.165) is 22.7 Å². The zero-order valence-electron chi connectivity index (χ0n) is 34.4. The molecule has 12 rings (SSSR count). The van der Waals surface area contributed by atoms with Crippen LogP contribution in [0.5, 0.6) is 0 Å². The third kappa shape index (κ3) is 6.58. The van der Waals surface area contributed by atoms with Gasteiger partial charge < -0.3 is 9.47 Å². The van der Waals surface area contributed by atoms with E-state index in [9.17, 15) is 0 Å². The number of fused-ring (bicyclic) bond motifs is 6. The van der Waals surface area contributed by atoms with Crippen molar-refractivity contribution in [1.82, 2.24) is 4.57 Å². The van der Waals surface area contributed by atoms with Gasteiger partial charge in [-0.3, -0.25) is 0 Å². The van der Waals surface area contributed by atoms with E-state index in [1.165, 1.54) is 86.5 Å². The predicted molar refractivity (Wildman–Crippen MR) is 270 cm³/mol. The summed E-state index contributed by atoms with van der Waals surface area (Å²) in [5, 5.41) is 5.13. The lowest BCUT2D eigenvalue weighted by Gasteiger charge is -2.26. The molecule has 0 bridgehead atoms. The summed E-state index contributed by atoms with van der Waals surface area (Å²) in [6, 6.07) is 88.3. The van der Waals surface area contributed by atoms with Gasteiger partial charge in [-0.2, -0.15) is 0 Å². The molecular formula is C60H40N2S. The maximum atomic E-state index is 2.38. The molecular weight excluding hydrogens is 781 g/mol. The Balaban J connectivity index is 0.932. The molecule has 0 aliphatic rings. The normalized spacial score (nSPS) is 11.5. The van der Waals surface area contributed by atoms with Crippen molar-refractivity contribution in [2.75, 3.05) is 4.90 Å². The number of para-hydroxylation sites is 3. The number of benzene rings is 10. The molecule has 0 aliphatic carbocycles. The summed E-state index contributed by atoms with van der Waals surface area (Å²) in [5.41, 5.74) is 16.5. The Morgan fingerprint density at radius 1 is 0.302 bits per heavy atom. The van der Waals surface area contributed by atoms with Crippen LogP contribution in [0.2, 0.25) is 0 Å². The van der Waals surface area contributed by atoms with E-state index in [4.69, 9.17) is 0 Å². The van der Waals surface area contributed by atoms with E-state index in [0.29, 0.717) is 0 Å². The van der Waals surface area contributed by atoms with Crippen LogP contribution in [0.25, 0.3) is 92.2 Å². The Hall–Kier alpha value is -7.98. The number of hydrogen-bond acceptors (Lipinski definition) is 2. The van der Waals surface area contributed by atoms with Gasteiger partial charge in [0.05, 0.1) is 11.0 Å². The van der Waals surface area contributed by atoms with Crippen LogP contribution in [0.3, 0.4) is 0 Å². The average Bonchev–Trinajstić information content (AvgIpc) is 3.91. The highest BCUT2D eigenvalue weighted by molar-refractivity contribution is 7.26. The maximum absolute atomic E-state index is 2.38. The lowest BCUT2D eigenvalue weighted by atomic mass is 9.92. The summed E-state index contributed by atoms with van der Waals surface area (Å²) in [4.78, 5) is 2.35. The van der Waals surface area contributed by atoms with Gasteiger partial charge in [-0.1, -0.05) is 152 Å². The summed E-state index contributed by atoms with van der Waals surface area (Å²) in [6.45, 7) is 0. The third-order valence-corrected chi connectivity index (χ3v) is 13.6.